The number of ether oxygens (including phenoxy) is 1. The van der Waals surface area contributed by atoms with Gasteiger partial charge in [-0.2, -0.15) is 0 Å². The van der Waals surface area contributed by atoms with Crippen LogP contribution in [-0.4, -0.2) is 35.4 Å². The lowest BCUT2D eigenvalue weighted by atomic mass is 10.1. The van der Waals surface area contributed by atoms with Gasteiger partial charge < -0.3 is 15.0 Å². The van der Waals surface area contributed by atoms with Crippen LogP contribution in [0.1, 0.15) is 44.7 Å². The average molecular weight is 397 g/mol. The number of nitrogens with one attached hydrogen (secondary N) is 1. The van der Waals surface area contributed by atoms with Crippen LogP contribution in [0.3, 0.4) is 0 Å². The summed E-state index contributed by atoms with van der Waals surface area (Å²) in [6.07, 6.45) is 1.37. The van der Waals surface area contributed by atoms with Crippen LogP contribution in [0.25, 0.3) is 0 Å². The van der Waals surface area contributed by atoms with Crippen molar-refractivity contribution in [3.8, 4) is 5.75 Å². The fourth-order valence-corrected chi connectivity index (χ4v) is 3.07. The zero-order valence-corrected chi connectivity index (χ0v) is 17.9. The Labute approximate surface area is 174 Å². The van der Waals surface area contributed by atoms with Crippen molar-refractivity contribution < 1.29 is 14.3 Å². The van der Waals surface area contributed by atoms with Crippen molar-refractivity contribution in [2.45, 2.75) is 59.2 Å². The minimum absolute atomic E-state index is 0.0637. The molecule has 5 heteroatoms. The number of nitrogens with zero attached hydrogens (tertiary/aromatic N) is 1. The zero-order chi connectivity index (χ0) is 21.2. The molecule has 0 aliphatic rings. The first kappa shape index (κ1) is 22.5. The van der Waals surface area contributed by atoms with Crippen molar-refractivity contribution in [1.82, 2.24) is 10.2 Å². The van der Waals surface area contributed by atoms with Crippen LogP contribution < -0.4 is 10.1 Å². The third-order valence-electron chi connectivity index (χ3n) is 4.93. The number of rotatable bonds is 10. The van der Waals surface area contributed by atoms with Gasteiger partial charge in [0.1, 0.15) is 11.8 Å². The van der Waals surface area contributed by atoms with Crippen molar-refractivity contribution in [2.75, 3.05) is 6.61 Å². The molecule has 2 amide bonds. The lowest BCUT2D eigenvalue weighted by Gasteiger charge is -2.31. The van der Waals surface area contributed by atoms with Gasteiger partial charge in [-0.05, 0) is 49.9 Å². The van der Waals surface area contributed by atoms with Gasteiger partial charge in [-0.3, -0.25) is 9.59 Å². The Balaban J connectivity index is 2.18. The third kappa shape index (κ3) is 6.93. The van der Waals surface area contributed by atoms with Crippen molar-refractivity contribution >= 4 is 11.8 Å². The molecule has 0 unspecified atom stereocenters. The van der Waals surface area contributed by atoms with Gasteiger partial charge in [0.2, 0.25) is 5.91 Å². The molecule has 0 radical (unpaired) electrons. The molecule has 0 aromatic heterocycles. The topological polar surface area (TPSA) is 58.6 Å². The molecule has 156 valence electrons. The van der Waals surface area contributed by atoms with Crippen LogP contribution in [0, 0.1) is 6.92 Å². The lowest BCUT2D eigenvalue weighted by Crippen LogP contribution is -2.51. The first-order valence-electron chi connectivity index (χ1n) is 10.3. The molecule has 0 bridgehead atoms. The predicted molar refractivity (Wildman–Crippen MR) is 116 cm³/mol. The largest absolute Gasteiger partial charge is 0.484 e. The van der Waals surface area contributed by atoms with Crippen LogP contribution in [-0.2, 0) is 16.1 Å². The standard InChI is InChI=1S/C24H32N2O3/c1-5-19(4)25-24(28)22(6-2)26(16-20-12-8-7-9-13-20)23(27)17-29-21-14-10-11-18(3)15-21/h7-15,19,22H,5-6,16-17H2,1-4H3,(H,25,28)/t19-,22+/m1/s1. The van der Waals surface area contributed by atoms with E-state index in [4.69, 9.17) is 4.74 Å². The lowest BCUT2D eigenvalue weighted by molar-refractivity contribution is -0.143. The van der Waals surface area contributed by atoms with E-state index in [1.54, 1.807) is 4.90 Å². The molecule has 1 N–H and O–H groups in total. The van der Waals surface area contributed by atoms with Gasteiger partial charge >= 0.3 is 0 Å². The fraction of sp³-hybridized carbons (Fsp3) is 0.417. The maximum atomic E-state index is 13.1. The highest BCUT2D eigenvalue weighted by Crippen LogP contribution is 2.15. The number of carbonyl (C=O) groups is 2. The van der Waals surface area contributed by atoms with Crippen molar-refractivity contribution in [2.24, 2.45) is 0 Å². The number of hydrogen-bond donors (Lipinski definition) is 1. The van der Waals surface area contributed by atoms with E-state index >= 15 is 0 Å². The second-order valence-corrected chi connectivity index (χ2v) is 7.35. The molecule has 2 atom stereocenters. The molecular weight excluding hydrogens is 364 g/mol. The van der Waals surface area contributed by atoms with Crippen LogP contribution in [0.4, 0.5) is 0 Å². The molecule has 0 aliphatic heterocycles. The molecular formula is C24H32N2O3. The number of amides is 2. The average Bonchev–Trinajstić information content (AvgIpc) is 2.72. The molecule has 29 heavy (non-hydrogen) atoms. The van der Waals surface area contributed by atoms with Crippen LogP contribution >= 0.6 is 0 Å². The van der Waals surface area contributed by atoms with Gasteiger partial charge in [0, 0.05) is 12.6 Å². The summed E-state index contributed by atoms with van der Waals surface area (Å²) in [6.45, 7) is 8.15. The van der Waals surface area contributed by atoms with Crippen molar-refractivity contribution in [1.29, 1.82) is 0 Å². The Morgan fingerprint density at radius 1 is 1.03 bits per heavy atom. The molecule has 0 aliphatic carbocycles. The Hall–Kier alpha value is -2.82. The summed E-state index contributed by atoms with van der Waals surface area (Å²) in [6, 6.07) is 16.8. The highest BCUT2D eigenvalue weighted by molar-refractivity contribution is 5.88. The minimum Gasteiger partial charge on any atom is -0.484 e. The fourth-order valence-electron chi connectivity index (χ4n) is 3.07. The first-order valence-corrected chi connectivity index (χ1v) is 10.3. The van der Waals surface area contributed by atoms with Crippen LogP contribution in [0.15, 0.2) is 54.6 Å². The van der Waals surface area contributed by atoms with Gasteiger partial charge in [0.05, 0.1) is 0 Å². The zero-order valence-electron chi connectivity index (χ0n) is 17.9. The minimum atomic E-state index is -0.544. The first-order chi connectivity index (χ1) is 13.9. The van der Waals surface area contributed by atoms with Crippen LogP contribution in [0.5, 0.6) is 5.75 Å². The number of aryl methyl sites for hydroxylation is 1. The molecule has 0 heterocycles. The van der Waals surface area contributed by atoms with Gasteiger partial charge in [0.15, 0.2) is 6.61 Å². The van der Waals surface area contributed by atoms with E-state index in [-0.39, 0.29) is 24.5 Å². The molecule has 2 aromatic carbocycles. The second-order valence-electron chi connectivity index (χ2n) is 7.35. The molecule has 0 spiro atoms. The molecule has 0 fully saturated rings. The number of carbonyl (C=O) groups excluding carboxylic acids is 2. The highest BCUT2D eigenvalue weighted by atomic mass is 16.5. The maximum absolute atomic E-state index is 13.1. The number of hydrogen-bond acceptors (Lipinski definition) is 3. The summed E-state index contributed by atoms with van der Waals surface area (Å²) >= 11 is 0. The summed E-state index contributed by atoms with van der Waals surface area (Å²) < 4.78 is 5.72. The third-order valence-corrected chi connectivity index (χ3v) is 4.93. The molecule has 0 saturated carbocycles. The molecule has 5 nitrogen and oxygen atoms in total. The predicted octanol–water partition coefficient (Wildman–Crippen LogP) is 4.10. The SMILES string of the molecule is CC[C@@H](C)NC(=O)[C@H](CC)N(Cc1ccccc1)C(=O)COc1cccc(C)c1. The Morgan fingerprint density at radius 2 is 1.76 bits per heavy atom. The summed E-state index contributed by atoms with van der Waals surface area (Å²) in [5.74, 6) is 0.318. The van der Waals surface area contributed by atoms with E-state index in [2.05, 4.69) is 5.32 Å². The molecule has 2 rings (SSSR count). The Morgan fingerprint density at radius 3 is 2.38 bits per heavy atom. The van der Waals surface area contributed by atoms with Crippen molar-refractivity contribution in [3.05, 3.63) is 65.7 Å². The van der Waals surface area contributed by atoms with E-state index in [1.165, 1.54) is 0 Å². The van der Waals surface area contributed by atoms with Crippen molar-refractivity contribution in [3.63, 3.8) is 0 Å². The summed E-state index contributed by atoms with van der Waals surface area (Å²) in [7, 11) is 0. The number of benzene rings is 2. The smallest absolute Gasteiger partial charge is 0.261 e. The maximum Gasteiger partial charge on any atom is 0.261 e. The van der Waals surface area contributed by atoms with Crippen LogP contribution in [0.2, 0.25) is 0 Å². The highest BCUT2D eigenvalue weighted by Gasteiger charge is 2.29. The van der Waals surface area contributed by atoms with E-state index in [0.29, 0.717) is 18.7 Å². The second kappa shape index (κ2) is 11.2. The van der Waals surface area contributed by atoms with E-state index in [0.717, 1.165) is 17.5 Å². The summed E-state index contributed by atoms with van der Waals surface area (Å²) in [5, 5.41) is 3.01. The monoisotopic (exact) mass is 396 g/mol. The molecule has 0 saturated heterocycles. The molecule has 2 aromatic rings. The van der Waals surface area contributed by atoms with E-state index < -0.39 is 6.04 Å². The summed E-state index contributed by atoms with van der Waals surface area (Å²) in [4.78, 5) is 27.6. The van der Waals surface area contributed by atoms with E-state index in [1.807, 2.05) is 82.3 Å². The Bertz CT molecular complexity index is 792. The van der Waals surface area contributed by atoms with Gasteiger partial charge in [0.25, 0.3) is 5.91 Å². The Kier molecular flexibility index (Phi) is 8.71. The van der Waals surface area contributed by atoms with Gasteiger partial charge in [-0.1, -0.05) is 56.3 Å². The van der Waals surface area contributed by atoms with Gasteiger partial charge in [-0.15, -0.1) is 0 Å². The van der Waals surface area contributed by atoms with E-state index in [9.17, 15) is 9.59 Å². The van der Waals surface area contributed by atoms with Gasteiger partial charge in [-0.25, -0.2) is 0 Å². The quantitative estimate of drug-likeness (QED) is 0.658. The summed E-state index contributed by atoms with van der Waals surface area (Å²) in [5.41, 5.74) is 2.04. The normalized spacial score (nSPS) is 12.7.